The van der Waals surface area contributed by atoms with Gasteiger partial charge < -0.3 is 10.0 Å². The Hall–Kier alpha value is -1.26. The Labute approximate surface area is 127 Å². The molecule has 3 atom stereocenters. The molecular formula is C14H15Cl2NO3. The lowest BCUT2D eigenvalue weighted by atomic mass is 10.1. The molecule has 4 nitrogen and oxygen atoms in total. The van der Waals surface area contributed by atoms with Gasteiger partial charge in [-0.2, -0.15) is 0 Å². The molecule has 1 N–H and O–H groups in total. The maximum atomic E-state index is 12.2. The van der Waals surface area contributed by atoms with E-state index in [2.05, 4.69) is 0 Å². The Kier molecular flexibility index (Phi) is 4.25. The number of carbonyl (C=O) groups is 2. The minimum atomic E-state index is -0.908. The summed E-state index contributed by atoms with van der Waals surface area (Å²) >= 11 is 12.0. The van der Waals surface area contributed by atoms with Crippen LogP contribution in [0.3, 0.4) is 0 Å². The fourth-order valence-corrected chi connectivity index (χ4v) is 2.81. The first kappa shape index (κ1) is 15.1. The topological polar surface area (TPSA) is 57.6 Å². The van der Waals surface area contributed by atoms with Gasteiger partial charge in [-0.3, -0.25) is 9.59 Å². The van der Waals surface area contributed by atoms with E-state index >= 15 is 0 Å². The fraction of sp³-hybridized carbons (Fsp3) is 0.429. The van der Waals surface area contributed by atoms with Gasteiger partial charge in [0, 0.05) is 17.1 Å². The van der Waals surface area contributed by atoms with E-state index in [1.54, 1.807) is 30.1 Å². The molecule has 1 unspecified atom stereocenters. The van der Waals surface area contributed by atoms with Crippen molar-refractivity contribution in [1.82, 2.24) is 4.90 Å². The van der Waals surface area contributed by atoms with E-state index in [0.717, 1.165) is 5.56 Å². The van der Waals surface area contributed by atoms with E-state index < -0.39 is 17.8 Å². The Morgan fingerprint density at radius 2 is 2.00 bits per heavy atom. The minimum Gasteiger partial charge on any atom is -0.481 e. The molecule has 0 saturated heterocycles. The number of hydrogen-bond donors (Lipinski definition) is 1. The Bertz CT molecular complexity index is 561. The molecule has 1 aliphatic rings. The van der Waals surface area contributed by atoms with Crippen molar-refractivity contribution in [2.45, 2.75) is 19.4 Å². The highest BCUT2D eigenvalue weighted by Crippen LogP contribution is 2.41. The maximum absolute atomic E-state index is 12.2. The third-order valence-electron chi connectivity index (χ3n) is 3.77. The molecule has 0 bridgehead atoms. The molecule has 1 saturated carbocycles. The summed E-state index contributed by atoms with van der Waals surface area (Å²) in [6.07, 6.45) is 0.416. The van der Waals surface area contributed by atoms with Gasteiger partial charge in [-0.25, -0.2) is 0 Å². The number of nitrogens with zero attached hydrogens (tertiary/aromatic N) is 1. The van der Waals surface area contributed by atoms with E-state index in [4.69, 9.17) is 28.3 Å². The fourth-order valence-electron chi connectivity index (χ4n) is 2.24. The number of amides is 1. The largest absolute Gasteiger partial charge is 0.481 e. The van der Waals surface area contributed by atoms with Crippen LogP contribution in [-0.4, -0.2) is 28.9 Å². The van der Waals surface area contributed by atoms with Crippen LogP contribution in [0.15, 0.2) is 18.2 Å². The Morgan fingerprint density at radius 1 is 1.35 bits per heavy atom. The van der Waals surface area contributed by atoms with E-state index in [1.807, 2.05) is 6.92 Å². The molecule has 2 rings (SSSR count). The predicted molar refractivity (Wildman–Crippen MR) is 76.9 cm³/mol. The first-order valence-corrected chi connectivity index (χ1v) is 7.03. The molecule has 0 radical (unpaired) electrons. The van der Waals surface area contributed by atoms with Crippen molar-refractivity contribution < 1.29 is 14.7 Å². The molecule has 1 aromatic rings. The van der Waals surface area contributed by atoms with Crippen molar-refractivity contribution in [2.24, 2.45) is 11.8 Å². The third kappa shape index (κ3) is 2.91. The van der Waals surface area contributed by atoms with Gasteiger partial charge in [0.05, 0.1) is 17.9 Å². The lowest BCUT2D eigenvalue weighted by Gasteiger charge is -2.26. The summed E-state index contributed by atoms with van der Waals surface area (Å²) in [5.41, 5.74) is 0.791. The van der Waals surface area contributed by atoms with Gasteiger partial charge in [-0.05, 0) is 31.0 Å². The third-order valence-corrected chi connectivity index (χ3v) is 4.33. The SMILES string of the molecule is CC(c1ccc(Cl)cc1Cl)N(C)C(=O)[C@@H]1C[C@@H]1C(=O)O. The first-order valence-electron chi connectivity index (χ1n) is 6.27. The summed E-state index contributed by atoms with van der Waals surface area (Å²) in [5.74, 6) is -2.02. The van der Waals surface area contributed by atoms with E-state index in [9.17, 15) is 9.59 Å². The highest BCUT2D eigenvalue weighted by molar-refractivity contribution is 6.35. The normalized spacial score (nSPS) is 22.2. The van der Waals surface area contributed by atoms with Crippen LogP contribution >= 0.6 is 23.2 Å². The monoisotopic (exact) mass is 315 g/mol. The van der Waals surface area contributed by atoms with E-state index in [1.165, 1.54) is 0 Å². The number of rotatable bonds is 4. The highest BCUT2D eigenvalue weighted by Gasteiger charge is 2.49. The molecule has 0 aromatic heterocycles. The van der Waals surface area contributed by atoms with Gasteiger partial charge >= 0.3 is 5.97 Å². The number of benzene rings is 1. The number of aliphatic carboxylic acids is 1. The summed E-state index contributed by atoms with van der Waals surface area (Å²) in [7, 11) is 1.66. The maximum Gasteiger partial charge on any atom is 0.307 e. The molecule has 0 spiro atoms. The second kappa shape index (κ2) is 5.62. The van der Waals surface area contributed by atoms with E-state index in [-0.39, 0.29) is 11.9 Å². The zero-order chi connectivity index (χ0) is 15.0. The Morgan fingerprint density at radius 3 is 2.50 bits per heavy atom. The van der Waals surface area contributed by atoms with Crippen LogP contribution < -0.4 is 0 Å². The summed E-state index contributed by atoms with van der Waals surface area (Å²) in [5, 5.41) is 9.91. The van der Waals surface area contributed by atoms with Crippen molar-refractivity contribution in [1.29, 1.82) is 0 Å². The number of carboxylic acid groups (broad SMARTS) is 1. The highest BCUT2D eigenvalue weighted by atomic mass is 35.5. The second-order valence-electron chi connectivity index (χ2n) is 5.08. The van der Waals surface area contributed by atoms with Crippen LogP contribution in [0.5, 0.6) is 0 Å². The molecule has 1 fully saturated rings. The van der Waals surface area contributed by atoms with Gasteiger partial charge in [0.25, 0.3) is 0 Å². The van der Waals surface area contributed by atoms with Crippen LogP contribution in [0.1, 0.15) is 24.9 Å². The molecule has 1 amide bonds. The number of carboxylic acids is 1. The molecule has 1 aromatic carbocycles. The van der Waals surface area contributed by atoms with Gasteiger partial charge in [-0.15, -0.1) is 0 Å². The number of carbonyl (C=O) groups excluding carboxylic acids is 1. The molecule has 108 valence electrons. The lowest BCUT2D eigenvalue weighted by Crippen LogP contribution is -2.32. The number of halogens is 2. The zero-order valence-corrected chi connectivity index (χ0v) is 12.6. The van der Waals surface area contributed by atoms with Gasteiger partial charge in [0.2, 0.25) is 5.91 Å². The summed E-state index contributed by atoms with van der Waals surface area (Å²) in [6.45, 7) is 1.85. The summed E-state index contributed by atoms with van der Waals surface area (Å²) in [4.78, 5) is 24.6. The van der Waals surface area contributed by atoms with Crippen LogP contribution in [0.25, 0.3) is 0 Å². The van der Waals surface area contributed by atoms with Crippen molar-refractivity contribution in [3.8, 4) is 0 Å². The molecule has 0 aliphatic heterocycles. The van der Waals surface area contributed by atoms with Crippen LogP contribution in [0.4, 0.5) is 0 Å². The zero-order valence-electron chi connectivity index (χ0n) is 11.1. The van der Waals surface area contributed by atoms with Crippen LogP contribution in [-0.2, 0) is 9.59 Å². The first-order chi connectivity index (χ1) is 9.32. The minimum absolute atomic E-state index is 0.157. The summed E-state index contributed by atoms with van der Waals surface area (Å²) < 4.78 is 0. The standard InChI is InChI=1S/C14H15Cl2NO3/c1-7(9-4-3-8(15)5-12(9)16)17(2)13(18)10-6-11(10)14(19)20/h3-5,7,10-11H,6H2,1-2H3,(H,19,20)/t7?,10-,11+/m1/s1. The molecular weight excluding hydrogens is 301 g/mol. The molecule has 1 aliphatic carbocycles. The molecule has 20 heavy (non-hydrogen) atoms. The van der Waals surface area contributed by atoms with Crippen molar-refractivity contribution in [3.05, 3.63) is 33.8 Å². The average Bonchev–Trinajstić information content (AvgIpc) is 3.16. The van der Waals surface area contributed by atoms with Crippen molar-refractivity contribution in [2.75, 3.05) is 7.05 Å². The summed E-state index contributed by atoms with van der Waals surface area (Å²) in [6, 6.07) is 4.89. The van der Waals surface area contributed by atoms with Gasteiger partial charge in [0.1, 0.15) is 0 Å². The smallest absolute Gasteiger partial charge is 0.307 e. The lowest BCUT2D eigenvalue weighted by molar-refractivity contribution is -0.142. The average molecular weight is 316 g/mol. The molecule has 6 heteroatoms. The van der Waals surface area contributed by atoms with Crippen molar-refractivity contribution in [3.63, 3.8) is 0 Å². The van der Waals surface area contributed by atoms with Gasteiger partial charge in [0.15, 0.2) is 0 Å². The van der Waals surface area contributed by atoms with Crippen LogP contribution in [0, 0.1) is 11.8 Å². The second-order valence-corrected chi connectivity index (χ2v) is 5.92. The van der Waals surface area contributed by atoms with Gasteiger partial charge in [-0.1, -0.05) is 29.3 Å². The van der Waals surface area contributed by atoms with Crippen LogP contribution in [0.2, 0.25) is 10.0 Å². The predicted octanol–water partition coefficient (Wildman–Crippen LogP) is 3.23. The quantitative estimate of drug-likeness (QED) is 0.928. The number of hydrogen-bond acceptors (Lipinski definition) is 2. The van der Waals surface area contributed by atoms with Crippen molar-refractivity contribution >= 4 is 35.1 Å². The Balaban J connectivity index is 2.11. The van der Waals surface area contributed by atoms with E-state index in [0.29, 0.717) is 16.5 Å². The molecule has 0 heterocycles.